The van der Waals surface area contributed by atoms with Crippen LogP contribution in [-0.2, 0) is 0 Å². The second kappa shape index (κ2) is 15.4. The third-order valence-electron chi connectivity index (χ3n) is 5.16. The van der Waals surface area contributed by atoms with Crippen LogP contribution in [0.3, 0.4) is 0 Å². The zero-order valence-electron chi connectivity index (χ0n) is 18.2. The van der Waals surface area contributed by atoms with Crippen LogP contribution < -0.4 is 0 Å². The number of rotatable bonds is 12. The minimum absolute atomic E-state index is 1.33. The summed E-state index contributed by atoms with van der Waals surface area (Å²) in [4.78, 5) is 0. The van der Waals surface area contributed by atoms with E-state index in [0.29, 0.717) is 0 Å². The van der Waals surface area contributed by atoms with E-state index in [1.807, 2.05) is 0 Å². The Labute approximate surface area is 159 Å². The minimum atomic E-state index is 1.33. The molecule has 25 heavy (non-hydrogen) atoms. The van der Waals surface area contributed by atoms with Crippen LogP contribution >= 0.6 is 0 Å². The van der Waals surface area contributed by atoms with E-state index in [9.17, 15) is 0 Å². The Kier molecular flexibility index (Phi) is 14.9. The number of hydrogen-bond acceptors (Lipinski definition) is 0. The highest BCUT2D eigenvalue weighted by molar-refractivity contribution is 5.19. The highest BCUT2D eigenvalue weighted by Gasteiger charge is 2.24. The Bertz CT molecular complexity index is 335. The monoisotopic (exact) mass is 348 g/mol. The first-order valence-electron chi connectivity index (χ1n) is 10.9. The van der Waals surface area contributed by atoms with Gasteiger partial charge in [0.15, 0.2) is 0 Å². The fourth-order valence-corrected chi connectivity index (χ4v) is 3.28. The van der Waals surface area contributed by atoms with Gasteiger partial charge in [-0.3, -0.25) is 0 Å². The van der Waals surface area contributed by atoms with Crippen LogP contribution in [-0.4, -0.2) is 30.7 Å². The van der Waals surface area contributed by atoms with Gasteiger partial charge in [0.25, 0.3) is 0 Å². The van der Waals surface area contributed by atoms with Crippen LogP contribution in [0.4, 0.5) is 0 Å². The lowest BCUT2D eigenvalue weighted by molar-refractivity contribution is -0.929. The number of nitrogens with zero attached hydrogens (tertiary/aromatic N) is 1. The number of hydrogen-bond donors (Lipinski definition) is 0. The molecule has 0 saturated heterocycles. The zero-order chi connectivity index (χ0) is 19.0. The topological polar surface area (TPSA) is 0 Å². The third-order valence-corrected chi connectivity index (χ3v) is 5.16. The summed E-state index contributed by atoms with van der Waals surface area (Å²) in [6.07, 6.45) is 11.1. The largest absolute Gasteiger partial charge is 0.324 e. The van der Waals surface area contributed by atoms with Crippen LogP contribution in [0.1, 0.15) is 90.2 Å². The van der Waals surface area contributed by atoms with E-state index in [-0.39, 0.29) is 0 Å². The Balaban J connectivity index is 0.000000593. The molecule has 1 nitrogen and oxygen atoms in total. The quantitative estimate of drug-likeness (QED) is 0.347. The Morgan fingerprint density at radius 1 is 0.520 bits per heavy atom. The molecule has 0 radical (unpaired) electrons. The molecule has 0 saturated carbocycles. The smallest absolute Gasteiger partial charge is 0.0786 e. The van der Waals surface area contributed by atoms with Gasteiger partial charge < -0.3 is 4.48 Å². The SMILES string of the molecule is CCCC[N+](CCCC)(CCCC)CCCC.Cc1ccc(C)cc1. The van der Waals surface area contributed by atoms with Crippen molar-refractivity contribution in [1.82, 2.24) is 0 Å². The van der Waals surface area contributed by atoms with Gasteiger partial charge in [0.2, 0.25) is 0 Å². The van der Waals surface area contributed by atoms with E-state index in [0.717, 1.165) is 0 Å². The second-order valence-electron chi connectivity index (χ2n) is 7.80. The fourth-order valence-electron chi connectivity index (χ4n) is 3.28. The van der Waals surface area contributed by atoms with Gasteiger partial charge >= 0.3 is 0 Å². The van der Waals surface area contributed by atoms with Crippen molar-refractivity contribution in [2.45, 2.75) is 92.9 Å². The molecule has 146 valence electrons. The van der Waals surface area contributed by atoms with Gasteiger partial charge in [-0.15, -0.1) is 0 Å². The Morgan fingerprint density at radius 3 is 0.960 bits per heavy atom. The van der Waals surface area contributed by atoms with Gasteiger partial charge in [0.1, 0.15) is 0 Å². The molecule has 1 aromatic carbocycles. The summed E-state index contributed by atoms with van der Waals surface area (Å²) < 4.78 is 1.42. The van der Waals surface area contributed by atoms with Crippen LogP contribution in [0.15, 0.2) is 24.3 Å². The maximum Gasteiger partial charge on any atom is 0.0786 e. The predicted octanol–water partition coefficient (Wildman–Crippen LogP) is 7.31. The van der Waals surface area contributed by atoms with Crippen LogP contribution in [0.25, 0.3) is 0 Å². The van der Waals surface area contributed by atoms with Crippen molar-refractivity contribution >= 4 is 0 Å². The minimum Gasteiger partial charge on any atom is -0.324 e. The van der Waals surface area contributed by atoms with E-state index >= 15 is 0 Å². The summed E-state index contributed by atoms with van der Waals surface area (Å²) in [5, 5.41) is 0. The van der Waals surface area contributed by atoms with Crippen molar-refractivity contribution in [1.29, 1.82) is 0 Å². The molecule has 0 N–H and O–H groups in total. The first-order valence-corrected chi connectivity index (χ1v) is 10.9. The van der Waals surface area contributed by atoms with Crippen LogP contribution in [0.5, 0.6) is 0 Å². The van der Waals surface area contributed by atoms with E-state index in [1.54, 1.807) is 0 Å². The molecule has 0 unspecified atom stereocenters. The number of quaternary nitrogens is 1. The maximum atomic E-state index is 2.33. The molecular formula is C24H46N+. The summed E-state index contributed by atoms with van der Waals surface area (Å²) >= 11 is 0. The fraction of sp³-hybridized carbons (Fsp3) is 0.750. The molecule has 0 aliphatic heterocycles. The van der Waals surface area contributed by atoms with Crippen LogP contribution in [0, 0.1) is 13.8 Å². The molecule has 0 aliphatic carbocycles. The van der Waals surface area contributed by atoms with E-state index in [1.165, 1.54) is 93.2 Å². The first kappa shape index (κ1) is 24.2. The van der Waals surface area contributed by atoms with Crippen molar-refractivity contribution in [2.24, 2.45) is 0 Å². The van der Waals surface area contributed by atoms with Gasteiger partial charge in [-0.25, -0.2) is 0 Å². The van der Waals surface area contributed by atoms with Gasteiger partial charge in [0.05, 0.1) is 26.2 Å². The molecule has 1 aromatic rings. The number of benzene rings is 1. The normalized spacial score (nSPS) is 11.1. The van der Waals surface area contributed by atoms with Gasteiger partial charge in [-0.1, -0.05) is 88.8 Å². The summed E-state index contributed by atoms with van der Waals surface area (Å²) in [5.74, 6) is 0. The lowest BCUT2D eigenvalue weighted by Crippen LogP contribution is -2.50. The van der Waals surface area contributed by atoms with Crippen molar-refractivity contribution in [3.63, 3.8) is 0 Å². The third kappa shape index (κ3) is 12.2. The standard InChI is InChI=1S/C16H36N.C8H10/c1-5-9-13-17(14-10-6-2,15-11-7-3)16-12-8-4;1-7-3-5-8(2)6-4-7/h5-16H2,1-4H3;3-6H,1-2H3/q+1;. The number of aryl methyl sites for hydroxylation is 2. The lowest BCUT2D eigenvalue weighted by Gasteiger charge is -2.39. The average Bonchev–Trinajstić information content (AvgIpc) is 2.63. The van der Waals surface area contributed by atoms with Gasteiger partial charge in [0, 0.05) is 0 Å². The molecule has 1 rings (SSSR count). The molecule has 0 aliphatic rings. The summed E-state index contributed by atoms with van der Waals surface area (Å²) in [6.45, 7) is 19.2. The average molecular weight is 349 g/mol. The second-order valence-corrected chi connectivity index (χ2v) is 7.80. The van der Waals surface area contributed by atoms with Crippen molar-refractivity contribution < 1.29 is 4.48 Å². The van der Waals surface area contributed by atoms with Gasteiger partial charge in [-0.05, 0) is 39.5 Å². The lowest BCUT2D eigenvalue weighted by atomic mass is 10.1. The van der Waals surface area contributed by atoms with Crippen molar-refractivity contribution in [2.75, 3.05) is 26.2 Å². The first-order chi connectivity index (χ1) is 12.0. The summed E-state index contributed by atoms with van der Waals surface area (Å²) in [7, 11) is 0. The number of unbranched alkanes of at least 4 members (excludes halogenated alkanes) is 4. The molecule has 0 heterocycles. The molecular weight excluding hydrogens is 302 g/mol. The Hall–Kier alpha value is -0.820. The van der Waals surface area contributed by atoms with Crippen LogP contribution in [0.2, 0.25) is 0 Å². The highest BCUT2D eigenvalue weighted by atomic mass is 15.3. The molecule has 0 bridgehead atoms. The van der Waals surface area contributed by atoms with Crippen molar-refractivity contribution in [3.8, 4) is 0 Å². The Morgan fingerprint density at radius 2 is 0.760 bits per heavy atom. The van der Waals surface area contributed by atoms with Crippen molar-refractivity contribution in [3.05, 3.63) is 35.4 Å². The highest BCUT2D eigenvalue weighted by Crippen LogP contribution is 2.16. The summed E-state index contributed by atoms with van der Waals surface area (Å²) in [5.41, 5.74) is 2.66. The molecule has 0 amide bonds. The van der Waals surface area contributed by atoms with E-state index in [2.05, 4.69) is 65.8 Å². The molecule has 0 aromatic heterocycles. The maximum absolute atomic E-state index is 2.33. The summed E-state index contributed by atoms with van der Waals surface area (Å²) in [6, 6.07) is 8.48. The zero-order valence-corrected chi connectivity index (χ0v) is 18.2. The molecule has 0 atom stereocenters. The van der Waals surface area contributed by atoms with E-state index in [4.69, 9.17) is 0 Å². The molecule has 0 fully saturated rings. The van der Waals surface area contributed by atoms with Gasteiger partial charge in [-0.2, -0.15) is 0 Å². The predicted molar refractivity (Wildman–Crippen MR) is 115 cm³/mol. The molecule has 0 spiro atoms. The van der Waals surface area contributed by atoms with E-state index < -0.39 is 0 Å². The molecule has 1 heteroatoms.